The van der Waals surface area contributed by atoms with Crippen LogP contribution in [0.25, 0.3) is 314 Å². The van der Waals surface area contributed by atoms with E-state index in [1.54, 1.807) is 0 Å². The van der Waals surface area contributed by atoms with Gasteiger partial charge >= 0.3 is 0 Å². The van der Waals surface area contributed by atoms with E-state index in [2.05, 4.69) is 479 Å². The minimum Gasteiger partial charge on any atom is -0.309 e. The summed E-state index contributed by atoms with van der Waals surface area (Å²) in [6, 6.07) is 170. The molecule has 0 atom stereocenters. The Morgan fingerprint density at radius 3 is 0.932 bits per heavy atom. The van der Waals surface area contributed by atoms with Crippen molar-refractivity contribution < 1.29 is 0 Å². The highest BCUT2D eigenvalue weighted by Gasteiger charge is 2.28. The van der Waals surface area contributed by atoms with Crippen molar-refractivity contribution in [3.05, 3.63) is 461 Å². The van der Waals surface area contributed by atoms with E-state index in [0.29, 0.717) is 0 Å². The van der Waals surface area contributed by atoms with Crippen LogP contribution in [-0.2, 0) is 0 Å². The van der Waals surface area contributed by atoms with E-state index < -0.39 is 0 Å². The molecule has 4 nitrogen and oxygen atoms in total. The van der Waals surface area contributed by atoms with Crippen LogP contribution in [0.1, 0.15) is 0 Å². The lowest BCUT2D eigenvalue weighted by Gasteiger charge is -2.11. The third kappa shape index (κ3) is 12.3. The van der Waals surface area contributed by atoms with Crippen molar-refractivity contribution in [1.29, 1.82) is 0 Å². The van der Waals surface area contributed by atoms with Crippen molar-refractivity contribution in [3.63, 3.8) is 0 Å². The molecule has 148 heavy (non-hydrogen) atoms. The van der Waals surface area contributed by atoms with Gasteiger partial charge < -0.3 is 18.3 Å². The number of nitrogens with zero attached hydrogens (tertiary/aromatic N) is 4. The molecule has 0 aliphatic carbocycles. The summed E-state index contributed by atoms with van der Waals surface area (Å²) in [5, 5.41) is 42.6. The molecular weight excluding hydrogens is 1950 g/mol. The molecule has 12 aromatic heterocycles. The molecule has 36 rings (SSSR count). The van der Waals surface area contributed by atoms with Gasteiger partial charge in [0, 0.05) is 223 Å². The van der Waals surface area contributed by atoms with E-state index in [-0.39, 0.29) is 0 Å². The predicted octanol–water partition coefficient (Wildman–Crippen LogP) is 42.7. The highest BCUT2D eigenvalue weighted by atomic mass is 32.1. The zero-order valence-corrected chi connectivity index (χ0v) is 85.5. The number of hydrogen-bond acceptors (Lipinski definition) is 8. The molecule has 0 spiro atoms. The largest absolute Gasteiger partial charge is 0.309 e. The van der Waals surface area contributed by atoms with E-state index in [9.17, 15) is 0 Å². The van der Waals surface area contributed by atoms with Gasteiger partial charge in [-0.05, 0) is 177 Å². The van der Waals surface area contributed by atoms with Crippen LogP contribution in [-0.4, -0.2) is 18.3 Å². The van der Waals surface area contributed by atoms with Gasteiger partial charge in [0.1, 0.15) is 0 Å². The Morgan fingerprint density at radius 1 is 0.115 bits per heavy atom. The van der Waals surface area contributed by atoms with Gasteiger partial charge in [-0.15, -0.1) is 90.7 Å². The number of fused-ring (bicyclic) bond motifs is 48. The van der Waals surface area contributed by atoms with Crippen LogP contribution in [0.15, 0.2) is 461 Å². The topological polar surface area (TPSA) is 19.7 Å². The van der Waals surface area contributed by atoms with Crippen LogP contribution in [0.4, 0.5) is 0 Å². The second-order valence-corrected chi connectivity index (χ2v) is 47.5. The molecule has 0 radical (unpaired) electrons. The number of para-hydroxylation sites is 2. The fourth-order valence-electron chi connectivity index (χ4n) is 24.7. The number of aromatic nitrogens is 4. The quantitative estimate of drug-likeness (QED) is 0.167. The lowest BCUT2D eigenvalue weighted by atomic mass is 9.99. The molecule has 0 amide bonds. The van der Waals surface area contributed by atoms with Crippen molar-refractivity contribution in [2.75, 3.05) is 0 Å². The first-order valence-electron chi connectivity index (χ1n) is 50.1. The summed E-state index contributed by atoms with van der Waals surface area (Å²) < 4.78 is 31.5. The summed E-state index contributed by atoms with van der Waals surface area (Å²) in [5.41, 5.74) is 15.1. The molecule has 0 aliphatic heterocycles. The molecule has 36 aromatic rings. The Kier molecular flexibility index (Phi) is 18.3. The minimum absolute atomic E-state index is 1.22. The molecule has 0 bridgehead atoms. The minimum atomic E-state index is 1.22. The van der Waals surface area contributed by atoms with E-state index in [0.717, 1.165) is 0 Å². The first-order chi connectivity index (χ1) is 73.4. The monoisotopic (exact) mass is 2020 g/mol. The van der Waals surface area contributed by atoms with Crippen molar-refractivity contribution in [2.45, 2.75) is 0 Å². The van der Waals surface area contributed by atoms with Gasteiger partial charge in [-0.1, -0.05) is 322 Å². The maximum Gasteiger partial charge on any atom is 0.0726 e. The molecule has 12 heterocycles. The third-order valence-corrected chi connectivity index (χ3v) is 40.3. The summed E-state index contributed by atoms with van der Waals surface area (Å²) >= 11 is 15.2. The van der Waals surface area contributed by atoms with Gasteiger partial charge in [0.25, 0.3) is 0 Å². The predicted molar refractivity (Wildman–Crippen MR) is 656 cm³/mol. The molecule has 0 unspecified atom stereocenters. The second kappa shape index (κ2) is 32.4. The summed E-state index contributed by atoms with van der Waals surface area (Å²) in [5.74, 6) is 0. The Morgan fingerprint density at radius 2 is 0.426 bits per heavy atom. The average Bonchev–Trinajstić information content (AvgIpc) is 1.54. The van der Waals surface area contributed by atoms with Crippen LogP contribution in [0.5, 0.6) is 0 Å². The highest BCUT2D eigenvalue weighted by molar-refractivity contribution is 7.29. The SMILES string of the molecule is c1ccc2c(c1)ccc1c2c2ccc3c4ccccc4sc3c2n1-c1ccc2c(c1)sc1ccccc12.c1ccc2c(c1)sc1cc(-n3c4ccccc4c4c5ccccc5c5c6ccccc6sc5c43)ccc12.c1ccc2c(c1)sc1cc(-n3c4ccccc4c4c5sc6ccccc6c5c5ccccc5c43)ccc12.c1ccc2cc3c(cc2c1)c1cc2sc4ccccc4c2cc1n3-c1ccc2c(c1)sc1ccccc12. The van der Waals surface area contributed by atoms with Gasteiger partial charge in [0.15, 0.2) is 0 Å². The first-order valence-corrected chi connectivity index (χ1v) is 56.6. The van der Waals surface area contributed by atoms with Crippen LogP contribution >= 0.6 is 90.7 Å². The Labute approximate surface area is 876 Å². The van der Waals surface area contributed by atoms with E-state index in [4.69, 9.17) is 0 Å². The summed E-state index contributed by atoms with van der Waals surface area (Å²) in [6.45, 7) is 0. The van der Waals surface area contributed by atoms with E-state index >= 15 is 0 Å². The van der Waals surface area contributed by atoms with E-state index in [1.807, 2.05) is 90.7 Å². The van der Waals surface area contributed by atoms with Crippen molar-refractivity contribution in [1.82, 2.24) is 18.3 Å². The third-order valence-electron chi connectivity index (χ3n) is 31.1. The summed E-state index contributed by atoms with van der Waals surface area (Å²) in [4.78, 5) is 0. The molecule has 0 aliphatic rings. The maximum atomic E-state index is 2.51. The molecule has 688 valence electrons. The summed E-state index contributed by atoms with van der Waals surface area (Å²) in [6.07, 6.45) is 0. The van der Waals surface area contributed by atoms with Crippen molar-refractivity contribution in [2.24, 2.45) is 0 Å². The maximum absolute atomic E-state index is 2.51. The molecule has 24 aromatic carbocycles. The molecule has 0 saturated heterocycles. The molecular formula is C136H76N4S8. The van der Waals surface area contributed by atoms with Gasteiger partial charge in [0.05, 0.1) is 53.5 Å². The fraction of sp³-hybridized carbons (Fsp3) is 0. The second-order valence-electron chi connectivity index (χ2n) is 38.9. The van der Waals surface area contributed by atoms with Gasteiger partial charge in [-0.25, -0.2) is 0 Å². The van der Waals surface area contributed by atoms with Crippen LogP contribution in [0.2, 0.25) is 0 Å². The molecule has 0 fully saturated rings. The number of benzene rings is 24. The zero-order valence-electron chi connectivity index (χ0n) is 78.9. The highest BCUT2D eigenvalue weighted by Crippen LogP contribution is 2.55. The Balaban J connectivity index is 0.0000000859. The van der Waals surface area contributed by atoms with Crippen LogP contribution in [0, 0.1) is 0 Å². The number of hydrogen-bond donors (Lipinski definition) is 0. The molecule has 12 heteroatoms. The van der Waals surface area contributed by atoms with E-state index in [1.165, 1.54) is 314 Å². The standard InChI is InChI=1S/4C34H19NS2/c1-2-11-24-23(10-1)31-26-13-5-8-16-29(26)37-34(31)32-25-12-3-6-14-27(25)35(33(24)32)20-17-18-22-21-9-4-7-15-28(21)36-30(22)19-20;1-2-11-24-23(10-1)31-25-12-3-6-14-27(25)35(33(31)34-32(24)26-13-5-8-16-29(26)37-34)20-17-18-22-21-9-4-7-15-28(21)36-30(22)19-20;1-2-8-22-20(7-1)13-18-28-32(22)27-17-16-26-24-10-4-6-12-30(24)37-34(26)33(27)35(28)21-14-15-25-23-9-3-5-11-29(23)36-31(25)19-21;1-2-8-21-16-29-26(15-20(21)7-1)27-19-34-28(24-10-4-6-12-32(24)37-34)18-30(27)35(29)22-13-14-25-23-9-3-5-11-31(23)36-33(25)17-22/h4*1-19H. The normalized spacial score (nSPS) is 12.3. The van der Waals surface area contributed by atoms with Crippen molar-refractivity contribution >= 4 is 382 Å². The number of thiophene rings is 8. The molecule has 0 N–H and O–H groups in total. The van der Waals surface area contributed by atoms with Crippen LogP contribution < -0.4 is 0 Å². The molecule has 0 saturated carbocycles. The lowest BCUT2D eigenvalue weighted by Crippen LogP contribution is -1.94. The van der Waals surface area contributed by atoms with Crippen LogP contribution in [0.3, 0.4) is 0 Å². The average molecular weight is 2020 g/mol. The lowest BCUT2D eigenvalue weighted by molar-refractivity contribution is 1.19. The number of rotatable bonds is 4. The van der Waals surface area contributed by atoms with Crippen molar-refractivity contribution in [3.8, 4) is 22.7 Å². The van der Waals surface area contributed by atoms with Gasteiger partial charge in [-0.2, -0.15) is 0 Å². The van der Waals surface area contributed by atoms with Gasteiger partial charge in [-0.3, -0.25) is 0 Å². The smallest absolute Gasteiger partial charge is 0.0726 e. The summed E-state index contributed by atoms with van der Waals surface area (Å²) in [7, 11) is 0. The Hall–Kier alpha value is -16.7. The Bertz CT molecular complexity index is 12000. The fourth-order valence-corrected chi connectivity index (χ4v) is 34.2. The van der Waals surface area contributed by atoms with Gasteiger partial charge in [0.2, 0.25) is 0 Å². The first kappa shape index (κ1) is 83.6. The zero-order chi connectivity index (χ0) is 96.3.